The quantitative estimate of drug-likeness (QED) is 0.879. The summed E-state index contributed by atoms with van der Waals surface area (Å²) < 4.78 is 19.4. The molecule has 1 aromatic heterocycles. The molecular weight excluding hydrogens is 285 g/mol. The van der Waals surface area contributed by atoms with Gasteiger partial charge in [0.2, 0.25) is 5.95 Å². The predicted octanol–water partition coefficient (Wildman–Crippen LogP) is 3.08. The minimum absolute atomic E-state index is 0.102. The third-order valence-corrected chi connectivity index (χ3v) is 2.81. The predicted molar refractivity (Wildman–Crippen MR) is 83.2 cm³/mol. The fraction of sp³-hybridized carbons (Fsp3) is 0.438. The van der Waals surface area contributed by atoms with Crippen LogP contribution < -0.4 is 5.32 Å². The summed E-state index contributed by atoms with van der Waals surface area (Å²) in [6, 6.07) is 4.61. The van der Waals surface area contributed by atoms with Gasteiger partial charge in [0.15, 0.2) is 0 Å². The van der Waals surface area contributed by atoms with Crippen LogP contribution in [0.2, 0.25) is 0 Å². The van der Waals surface area contributed by atoms with Crippen molar-refractivity contribution in [2.45, 2.75) is 39.7 Å². The van der Waals surface area contributed by atoms with Crippen LogP contribution in [0.4, 0.5) is 10.3 Å². The molecule has 0 radical (unpaired) electrons. The number of hydrogen-bond donors (Lipinski definition) is 1. The number of rotatable bonds is 4. The fourth-order valence-electron chi connectivity index (χ4n) is 2.09. The van der Waals surface area contributed by atoms with Gasteiger partial charge in [-0.3, -0.25) is 4.79 Å². The lowest BCUT2D eigenvalue weighted by Gasteiger charge is -2.19. The lowest BCUT2D eigenvalue weighted by Crippen LogP contribution is -2.25. The molecular formula is C16H20FN3O2. The Hall–Kier alpha value is -2.24. The highest BCUT2D eigenvalue weighted by Gasteiger charge is 2.20. The van der Waals surface area contributed by atoms with Crippen LogP contribution in [0, 0.1) is 5.82 Å². The van der Waals surface area contributed by atoms with Crippen LogP contribution in [-0.4, -0.2) is 28.1 Å². The largest absolute Gasteiger partial charge is 0.460 e. The van der Waals surface area contributed by atoms with Gasteiger partial charge in [0, 0.05) is 6.54 Å². The molecule has 118 valence electrons. The van der Waals surface area contributed by atoms with Crippen LogP contribution in [0.3, 0.4) is 0 Å². The summed E-state index contributed by atoms with van der Waals surface area (Å²) in [6.07, 6.45) is -0.102. The molecule has 0 amide bonds. The van der Waals surface area contributed by atoms with E-state index in [1.807, 2.05) is 6.92 Å². The van der Waals surface area contributed by atoms with Gasteiger partial charge in [-0.2, -0.15) is 0 Å². The normalized spacial score (nSPS) is 11.5. The first-order valence-corrected chi connectivity index (χ1v) is 7.21. The molecule has 1 heterocycles. The number of fused-ring (bicyclic) bond motifs is 1. The second-order valence-electron chi connectivity index (χ2n) is 5.92. The molecule has 22 heavy (non-hydrogen) atoms. The van der Waals surface area contributed by atoms with Crippen molar-refractivity contribution in [3.8, 4) is 0 Å². The minimum atomic E-state index is -0.594. The highest BCUT2D eigenvalue weighted by atomic mass is 19.1. The monoisotopic (exact) mass is 305 g/mol. The topological polar surface area (TPSA) is 64.1 Å². The van der Waals surface area contributed by atoms with E-state index in [9.17, 15) is 9.18 Å². The van der Waals surface area contributed by atoms with E-state index in [-0.39, 0.29) is 11.8 Å². The molecule has 0 fully saturated rings. The van der Waals surface area contributed by atoms with Gasteiger partial charge in [-0.15, -0.1) is 0 Å². The average molecular weight is 305 g/mol. The van der Waals surface area contributed by atoms with Crippen LogP contribution in [0.25, 0.3) is 10.9 Å². The molecule has 0 atom stereocenters. The zero-order chi connectivity index (χ0) is 16.3. The zero-order valence-electron chi connectivity index (χ0n) is 13.2. The van der Waals surface area contributed by atoms with E-state index in [1.165, 1.54) is 6.07 Å². The standard InChI is InChI=1S/C16H20FN3O2/c1-5-18-15-19-11-8-6-7-10(17)14(11)12(20-15)9-13(21)22-16(2,3)4/h6-8H,5,9H2,1-4H3,(H,18,19,20). The number of hydrogen-bond acceptors (Lipinski definition) is 5. The molecule has 6 heteroatoms. The van der Waals surface area contributed by atoms with Crippen molar-refractivity contribution in [2.75, 3.05) is 11.9 Å². The van der Waals surface area contributed by atoms with Gasteiger partial charge in [0.25, 0.3) is 0 Å². The first-order chi connectivity index (χ1) is 10.3. The second-order valence-corrected chi connectivity index (χ2v) is 5.92. The van der Waals surface area contributed by atoms with Crippen molar-refractivity contribution < 1.29 is 13.9 Å². The number of benzene rings is 1. The zero-order valence-corrected chi connectivity index (χ0v) is 13.2. The molecule has 0 aliphatic carbocycles. The number of esters is 1. The van der Waals surface area contributed by atoms with Gasteiger partial charge in [-0.1, -0.05) is 6.07 Å². The minimum Gasteiger partial charge on any atom is -0.460 e. The number of carbonyl (C=O) groups excluding carboxylic acids is 1. The molecule has 0 unspecified atom stereocenters. The number of ether oxygens (including phenoxy) is 1. The van der Waals surface area contributed by atoms with Crippen LogP contribution in [0.15, 0.2) is 18.2 Å². The molecule has 0 saturated heterocycles. The average Bonchev–Trinajstić information content (AvgIpc) is 2.36. The number of nitrogens with one attached hydrogen (secondary N) is 1. The van der Waals surface area contributed by atoms with Gasteiger partial charge in [-0.25, -0.2) is 14.4 Å². The lowest BCUT2D eigenvalue weighted by molar-refractivity contribution is -0.153. The Morgan fingerprint density at radius 2 is 2.05 bits per heavy atom. The van der Waals surface area contributed by atoms with Crippen molar-refractivity contribution in [1.82, 2.24) is 9.97 Å². The summed E-state index contributed by atoms with van der Waals surface area (Å²) in [5.74, 6) is -0.517. The highest BCUT2D eigenvalue weighted by Crippen LogP contribution is 2.22. The summed E-state index contributed by atoms with van der Waals surface area (Å²) in [4.78, 5) is 20.5. The molecule has 0 saturated carbocycles. The van der Waals surface area contributed by atoms with Gasteiger partial charge in [-0.05, 0) is 39.8 Å². The maximum atomic E-state index is 14.1. The van der Waals surface area contributed by atoms with Crippen LogP contribution >= 0.6 is 0 Å². The van der Waals surface area contributed by atoms with Crippen molar-refractivity contribution >= 4 is 22.8 Å². The molecule has 2 aromatic rings. The van der Waals surface area contributed by atoms with Crippen molar-refractivity contribution in [3.05, 3.63) is 29.7 Å². The number of anilines is 1. The smallest absolute Gasteiger partial charge is 0.312 e. The lowest BCUT2D eigenvalue weighted by atomic mass is 10.1. The van der Waals surface area contributed by atoms with Crippen molar-refractivity contribution in [2.24, 2.45) is 0 Å². The number of aromatic nitrogens is 2. The fourth-order valence-corrected chi connectivity index (χ4v) is 2.09. The van der Waals surface area contributed by atoms with Gasteiger partial charge >= 0.3 is 5.97 Å². The third kappa shape index (κ3) is 3.90. The summed E-state index contributed by atoms with van der Waals surface area (Å²) in [5.41, 5.74) is 0.195. The maximum absolute atomic E-state index is 14.1. The summed E-state index contributed by atoms with van der Waals surface area (Å²) in [7, 11) is 0. The Balaban J connectivity index is 2.43. The van der Waals surface area contributed by atoms with E-state index in [4.69, 9.17) is 4.74 Å². The van der Waals surface area contributed by atoms with Crippen LogP contribution in [-0.2, 0) is 16.0 Å². The van der Waals surface area contributed by atoms with E-state index in [2.05, 4.69) is 15.3 Å². The Morgan fingerprint density at radius 3 is 2.68 bits per heavy atom. The van der Waals surface area contributed by atoms with Crippen molar-refractivity contribution in [1.29, 1.82) is 0 Å². The number of carbonyl (C=O) groups is 1. The summed E-state index contributed by atoms with van der Waals surface area (Å²) in [6.45, 7) is 7.90. The Morgan fingerprint density at radius 1 is 1.32 bits per heavy atom. The van der Waals surface area contributed by atoms with Crippen LogP contribution in [0.5, 0.6) is 0 Å². The van der Waals surface area contributed by atoms with E-state index in [0.29, 0.717) is 23.7 Å². The SMILES string of the molecule is CCNc1nc(CC(=O)OC(C)(C)C)c2c(F)cccc2n1. The Bertz CT molecular complexity index is 696. The molecule has 0 aliphatic heterocycles. The Kier molecular flexibility index (Phi) is 4.59. The Labute approximate surface area is 128 Å². The molecule has 2 rings (SSSR count). The molecule has 1 aromatic carbocycles. The molecule has 0 spiro atoms. The van der Waals surface area contributed by atoms with E-state index in [1.54, 1.807) is 32.9 Å². The van der Waals surface area contributed by atoms with E-state index >= 15 is 0 Å². The van der Waals surface area contributed by atoms with Gasteiger partial charge in [0.1, 0.15) is 11.4 Å². The van der Waals surface area contributed by atoms with Gasteiger partial charge < -0.3 is 10.1 Å². The van der Waals surface area contributed by atoms with Gasteiger partial charge in [0.05, 0.1) is 23.0 Å². The molecule has 0 aliphatic rings. The molecule has 1 N–H and O–H groups in total. The van der Waals surface area contributed by atoms with E-state index < -0.39 is 17.4 Å². The number of halogens is 1. The van der Waals surface area contributed by atoms with Crippen LogP contribution in [0.1, 0.15) is 33.4 Å². The first kappa shape index (κ1) is 16.1. The van der Waals surface area contributed by atoms with Crippen molar-refractivity contribution in [3.63, 3.8) is 0 Å². The third-order valence-electron chi connectivity index (χ3n) is 2.81. The maximum Gasteiger partial charge on any atom is 0.312 e. The first-order valence-electron chi connectivity index (χ1n) is 7.21. The molecule has 0 bridgehead atoms. The molecule has 5 nitrogen and oxygen atoms in total. The summed E-state index contributed by atoms with van der Waals surface area (Å²) >= 11 is 0. The van der Waals surface area contributed by atoms with E-state index in [0.717, 1.165) is 0 Å². The highest BCUT2D eigenvalue weighted by molar-refractivity contribution is 5.86. The summed E-state index contributed by atoms with van der Waals surface area (Å²) in [5, 5.41) is 3.24. The second kappa shape index (κ2) is 6.25. The number of nitrogens with zero attached hydrogens (tertiary/aromatic N) is 2.